The molecule has 0 atom stereocenters. The first kappa shape index (κ1) is 16.6. The van der Waals surface area contributed by atoms with Crippen molar-refractivity contribution in [1.82, 2.24) is 0 Å². The van der Waals surface area contributed by atoms with Gasteiger partial charge in [-0.25, -0.2) is 0 Å². The Morgan fingerprint density at radius 3 is 2.60 bits per heavy atom. The topological polar surface area (TPSA) is 57.9 Å². The Balaban J connectivity index is 1.93. The Morgan fingerprint density at radius 1 is 1.12 bits per heavy atom. The minimum absolute atomic E-state index is 0.0904. The van der Waals surface area contributed by atoms with Crippen molar-refractivity contribution >= 4 is 11.0 Å². The second-order valence-corrected chi connectivity index (χ2v) is 5.59. The molecule has 0 saturated carbocycles. The molecule has 25 heavy (non-hydrogen) atoms. The highest BCUT2D eigenvalue weighted by Gasteiger charge is 2.12. The zero-order valence-electron chi connectivity index (χ0n) is 14.1. The molecule has 3 aromatic rings. The van der Waals surface area contributed by atoms with Crippen LogP contribution in [-0.2, 0) is 0 Å². The maximum atomic E-state index is 12.6. The van der Waals surface area contributed by atoms with Crippen LogP contribution in [0.15, 0.2) is 70.1 Å². The molecule has 0 amide bonds. The molecule has 0 unspecified atom stereocenters. The summed E-state index contributed by atoms with van der Waals surface area (Å²) in [5, 5.41) is 0.412. The number of hydrogen-bond acceptors (Lipinski definition) is 5. The monoisotopic (exact) mass is 338 g/mol. The lowest BCUT2D eigenvalue weighted by molar-refractivity contribution is 0.352. The van der Waals surface area contributed by atoms with Crippen LogP contribution in [0.5, 0.6) is 23.0 Å². The molecule has 1 heterocycles. The highest BCUT2D eigenvalue weighted by Crippen LogP contribution is 2.30. The van der Waals surface area contributed by atoms with Gasteiger partial charge in [-0.3, -0.25) is 4.79 Å². The third kappa shape index (κ3) is 3.66. The van der Waals surface area contributed by atoms with E-state index >= 15 is 0 Å². The van der Waals surface area contributed by atoms with Crippen molar-refractivity contribution in [3.63, 3.8) is 0 Å². The van der Waals surface area contributed by atoms with E-state index in [0.29, 0.717) is 34.8 Å². The van der Waals surface area contributed by atoms with Crippen LogP contribution in [0.1, 0.15) is 6.92 Å². The zero-order valence-corrected chi connectivity index (χ0v) is 14.1. The van der Waals surface area contributed by atoms with Crippen LogP contribution in [0.3, 0.4) is 0 Å². The first-order valence-corrected chi connectivity index (χ1v) is 7.72. The molecule has 0 bridgehead atoms. The number of para-hydroxylation sites is 2. The van der Waals surface area contributed by atoms with E-state index in [4.69, 9.17) is 18.6 Å². The molecule has 0 radical (unpaired) electrons. The minimum Gasteiger partial charge on any atom is -0.493 e. The summed E-state index contributed by atoms with van der Waals surface area (Å²) in [6.07, 6.45) is 1.29. The van der Waals surface area contributed by atoms with Crippen molar-refractivity contribution < 1.29 is 18.6 Å². The first-order valence-electron chi connectivity index (χ1n) is 7.72. The summed E-state index contributed by atoms with van der Waals surface area (Å²) >= 11 is 0. The largest absolute Gasteiger partial charge is 0.493 e. The minimum atomic E-state index is -0.265. The molecule has 3 rings (SSSR count). The highest BCUT2D eigenvalue weighted by molar-refractivity contribution is 5.79. The van der Waals surface area contributed by atoms with Crippen LogP contribution in [0.2, 0.25) is 0 Å². The molecule has 0 aliphatic carbocycles. The molecule has 0 aliphatic rings. The average molecular weight is 338 g/mol. The van der Waals surface area contributed by atoms with Gasteiger partial charge in [0, 0.05) is 6.07 Å². The number of ether oxygens (including phenoxy) is 3. The molecule has 0 aliphatic heterocycles. The van der Waals surface area contributed by atoms with Crippen LogP contribution >= 0.6 is 0 Å². The van der Waals surface area contributed by atoms with Gasteiger partial charge < -0.3 is 18.6 Å². The molecule has 0 fully saturated rings. The van der Waals surface area contributed by atoms with Crippen LogP contribution < -0.4 is 19.6 Å². The fourth-order valence-electron chi connectivity index (χ4n) is 2.28. The second kappa shape index (κ2) is 7.13. The van der Waals surface area contributed by atoms with E-state index in [0.717, 1.165) is 5.57 Å². The van der Waals surface area contributed by atoms with Crippen molar-refractivity contribution in [2.75, 3.05) is 13.7 Å². The van der Waals surface area contributed by atoms with Gasteiger partial charge in [-0.05, 0) is 36.8 Å². The van der Waals surface area contributed by atoms with Gasteiger partial charge in [0.1, 0.15) is 24.2 Å². The second-order valence-electron chi connectivity index (χ2n) is 5.59. The van der Waals surface area contributed by atoms with Crippen LogP contribution in [0.4, 0.5) is 0 Å². The molecule has 1 aromatic heterocycles. The summed E-state index contributed by atoms with van der Waals surface area (Å²) in [7, 11) is 1.54. The summed E-state index contributed by atoms with van der Waals surface area (Å²) in [5.74, 6) is 1.67. The van der Waals surface area contributed by atoms with Crippen molar-refractivity contribution in [3.8, 4) is 23.0 Å². The summed E-state index contributed by atoms with van der Waals surface area (Å²) in [5.41, 5.74) is 1.07. The van der Waals surface area contributed by atoms with Gasteiger partial charge in [0.25, 0.3) is 0 Å². The molecule has 0 saturated heterocycles. The van der Waals surface area contributed by atoms with Gasteiger partial charge in [-0.15, -0.1) is 0 Å². The Bertz CT molecular complexity index is 971. The van der Waals surface area contributed by atoms with Crippen molar-refractivity contribution in [1.29, 1.82) is 0 Å². The molecule has 5 nitrogen and oxygen atoms in total. The van der Waals surface area contributed by atoms with E-state index in [-0.39, 0.29) is 11.2 Å². The zero-order chi connectivity index (χ0) is 17.8. The fraction of sp³-hybridized carbons (Fsp3) is 0.150. The van der Waals surface area contributed by atoms with E-state index in [1.165, 1.54) is 13.4 Å². The van der Waals surface area contributed by atoms with E-state index < -0.39 is 0 Å². The molecule has 0 spiro atoms. The lowest BCUT2D eigenvalue weighted by Gasteiger charge is -2.10. The maximum absolute atomic E-state index is 12.6. The summed E-state index contributed by atoms with van der Waals surface area (Å²) in [6.45, 7) is 6.07. The van der Waals surface area contributed by atoms with Gasteiger partial charge in [-0.1, -0.05) is 18.7 Å². The van der Waals surface area contributed by atoms with Gasteiger partial charge in [0.15, 0.2) is 11.5 Å². The molecule has 128 valence electrons. The third-order valence-corrected chi connectivity index (χ3v) is 3.49. The van der Waals surface area contributed by atoms with Gasteiger partial charge in [0.05, 0.1) is 12.5 Å². The van der Waals surface area contributed by atoms with Crippen molar-refractivity contribution in [2.24, 2.45) is 0 Å². The number of rotatable bonds is 6. The van der Waals surface area contributed by atoms with Gasteiger partial charge in [-0.2, -0.15) is 0 Å². The summed E-state index contributed by atoms with van der Waals surface area (Å²) in [6, 6.07) is 12.1. The van der Waals surface area contributed by atoms with E-state index in [2.05, 4.69) is 6.58 Å². The molecular weight excluding hydrogens is 320 g/mol. The number of hydrogen-bond donors (Lipinski definition) is 0. The first-order chi connectivity index (χ1) is 12.1. The lowest BCUT2D eigenvalue weighted by atomic mass is 10.2. The quantitative estimate of drug-likeness (QED) is 0.617. The lowest BCUT2D eigenvalue weighted by Crippen LogP contribution is -2.05. The Morgan fingerprint density at radius 2 is 1.88 bits per heavy atom. The van der Waals surface area contributed by atoms with Crippen molar-refractivity contribution in [3.05, 3.63) is 71.1 Å². The predicted octanol–water partition coefficient (Wildman–Crippen LogP) is 4.55. The highest BCUT2D eigenvalue weighted by atomic mass is 16.5. The maximum Gasteiger partial charge on any atom is 0.235 e. The fourth-order valence-corrected chi connectivity index (χ4v) is 2.28. The predicted molar refractivity (Wildman–Crippen MR) is 95.9 cm³/mol. The average Bonchev–Trinajstić information content (AvgIpc) is 2.62. The van der Waals surface area contributed by atoms with E-state index in [1.807, 2.05) is 13.0 Å². The number of methoxy groups -OCH3 is 1. The summed E-state index contributed by atoms with van der Waals surface area (Å²) < 4.78 is 22.0. The molecule has 0 N–H and O–H groups in total. The summed E-state index contributed by atoms with van der Waals surface area (Å²) in [4.78, 5) is 12.6. The van der Waals surface area contributed by atoms with Crippen LogP contribution in [0.25, 0.3) is 11.0 Å². The van der Waals surface area contributed by atoms with E-state index in [9.17, 15) is 4.79 Å². The van der Waals surface area contributed by atoms with Crippen LogP contribution in [-0.4, -0.2) is 13.7 Å². The normalized spacial score (nSPS) is 10.5. The van der Waals surface area contributed by atoms with Gasteiger partial charge >= 0.3 is 0 Å². The molecular formula is C20H18O5. The number of benzene rings is 2. The third-order valence-electron chi connectivity index (χ3n) is 3.49. The molecule has 2 aromatic carbocycles. The van der Waals surface area contributed by atoms with Gasteiger partial charge in [0.2, 0.25) is 11.2 Å². The van der Waals surface area contributed by atoms with E-state index in [1.54, 1.807) is 36.4 Å². The Labute approximate surface area is 145 Å². The smallest absolute Gasteiger partial charge is 0.235 e. The Hall–Kier alpha value is -3.21. The number of fused-ring (bicyclic) bond motifs is 1. The van der Waals surface area contributed by atoms with Crippen molar-refractivity contribution in [2.45, 2.75) is 6.92 Å². The van der Waals surface area contributed by atoms with Crippen LogP contribution in [0, 0.1) is 0 Å². The Kier molecular flexibility index (Phi) is 4.75. The standard InChI is InChI=1S/C20H18O5/c1-13(2)11-23-14-8-9-15-18(10-14)24-12-19(20(15)21)25-17-7-5-4-6-16(17)22-3/h4-10,12H,1,11H2,2-3H3. The molecule has 5 heteroatoms. The SMILES string of the molecule is C=C(C)COc1ccc2c(=O)c(Oc3ccccc3OC)coc2c1.